The van der Waals surface area contributed by atoms with Gasteiger partial charge in [-0.2, -0.15) is 0 Å². The quantitative estimate of drug-likeness (QED) is 0.202. The zero-order valence-electron chi connectivity index (χ0n) is 12.9. The number of hydrogen-bond donors (Lipinski definition) is 0. The highest BCUT2D eigenvalue weighted by atomic mass is 127. The Labute approximate surface area is 151 Å². The molecule has 2 rings (SSSR count). The third-order valence-corrected chi connectivity index (χ3v) is 5.58. The maximum absolute atomic E-state index is 11.4. The fraction of sp³-hybridized carbons (Fsp3) is 0.556. The SMILES string of the molecule is CC(=O)Cc1cccc(C(C2CCCCC2)C(I)N=C=S)c1. The third kappa shape index (κ3) is 4.97. The molecule has 22 heavy (non-hydrogen) atoms. The smallest absolute Gasteiger partial charge is 0.134 e. The molecule has 1 saturated carbocycles. The van der Waals surface area contributed by atoms with E-state index in [9.17, 15) is 4.79 Å². The third-order valence-electron chi connectivity index (χ3n) is 4.42. The molecule has 1 fully saturated rings. The second kappa shape index (κ2) is 8.90. The minimum absolute atomic E-state index is 0.116. The Hall–Kier alpha value is -0.580. The maximum Gasteiger partial charge on any atom is 0.134 e. The zero-order valence-corrected chi connectivity index (χ0v) is 15.9. The molecule has 2 atom stereocenters. The number of alkyl halides is 1. The van der Waals surface area contributed by atoms with Crippen molar-refractivity contribution in [2.45, 2.75) is 55.4 Å². The van der Waals surface area contributed by atoms with E-state index in [0.29, 0.717) is 18.3 Å². The maximum atomic E-state index is 11.4. The number of nitrogens with zero attached hydrogens (tertiary/aromatic N) is 1. The summed E-state index contributed by atoms with van der Waals surface area (Å²) in [6.07, 6.45) is 6.98. The fourth-order valence-electron chi connectivity index (χ4n) is 3.48. The Bertz CT molecular complexity index is 562. The van der Waals surface area contributed by atoms with Crippen molar-refractivity contribution in [3.05, 3.63) is 35.4 Å². The van der Waals surface area contributed by atoms with E-state index in [2.05, 4.69) is 50.9 Å². The number of Topliss-reactive ketones (excluding diaryl/α,β-unsaturated/α-hetero) is 1. The number of ketones is 1. The number of hydrogen-bond acceptors (Lipinski definition) is 3. The first-order valence-corrected chi connectivity index (χ1v) is 9.56. The molecular formula is C18H22INOS. The molecule has 1 aliphatic rings. The van der Waals surface area contributed by atoms with Crippen molar-refractivity contribution in [3.8, 4) is 0 Å². The van der Waals surface area contributed by atoms with Crippen LogP contribution in [0.4, 0.5) is 0 Å². The molecule has 1 aromatic rings. The van der Waals surface area contributed by atoms with Gasteiger partial charge in [-0.05, 0) is 49.0 Å². The first-order valence-electron chi connectivity index (χ1n) is 7.91. The highest BCUT2D eigenvalue weighted by Crippen LogP contribution is 2.41. The Kier molecular flexibility index (Phi) is 7.19. The second-order valence-electron chi connectivity index (χ2n) is 6.14. The molecule has 0 saturated heterocycles. The van der Waals surface area contributed by atoms with Crippen LogP contribution in [0.3, 0.4) is 0 Å². The highest BCUT2D eigenvalue weighted by Gasteiger charge is 2.30. The predicted molar refractivity (Wildman–Crippen MR) is 103 cm³/mol. The minimum atomic E-state index is 0.116. The lowest BCUT2D eigenvalue weighted by atomic mass is 9.76. The van der Waals surface area contributed by atoms with Crippen molar-refractivity contribution in [3.63, 3.8) is 0 Å². The molecule has 1 aromatic carbocycles. The van der Waals surface area contributed by atoms with Crippen molar-refractivity contribution < 1.29 is 4.79 Å². The van der Waals surface area contributed by atoms with Crippen LogP contribution in [-0.2, 0) is 11.2 Å². The molecule has 0 amide bonds. The summed E-state index contributed by atoms with van der Waals surface area (Å²) in [5, 5.41) is 2.55. The Morgan fingerprint density at radius 2 is 2.14 bits per heavy atom. The number of aliphatic imine (C=N–C) groups is 1. The van der Waals surface area contributed by atoms with E-state index in [0.717, 1.165) is 5.56 Å². The van der Waals surface area contributed by atoms with E-state index >= 15 is 0 Å². The summed E-state index contributed by atoms with van der Waals surface area (Å²) >= 11 is 7.20. The van der Waals surface area contributed by atoms with Crippen LogP contribution in [0.25, 0.3) is 0 Å². The van der Waals surface area contributed by atoms with Crippen LogP contribution in [0.2, 0.25) is 0 Å². The van der Waals surface area contributed by atoms with Gasteiger partial charge < -0.3 is 0 Å². The van der Waals surface area contributed by atoms with Crippen molar-refractivity contribution in [2.24, 2.45) is 10.9 Å². The lowest BCUT2D eigenvalue weighted by molar-refractivity contribution is -0.116. The topological polar surface area (TPSA) is 29.4 Å². The van der Waals surface area contributed by atoms with E-state index in [1.54, 1.807) is 6.92 Å². The van der Waals surface area contributed by atoms with Gasteiger partial charge in [-0.25, -0.2) is 4.99 Å². The van der Waals surface area contributed by atoms with Gasteiger partial charge in [0.1, 0.15) is 9.83 Å². The van der Waals surface area contributed by atoms with Gasteiger partial charge in [-0.15, -0.1) is 0 Å². The molecule has 0 spiro atoms. The summed E-state index contributed by atoms with van der Waals surface area (Å²) < 4.78 is 0.116. The van der Waals surface area contributed by atoms with E-state index in [-0.39, 0.29) is 9.83 Å². The highest BCUT2D eigenvalue weighted by molar-refractivity contribution is 14.1. The van der Waals surface area contributed by atoms with E-state index in [1.165, 1.54) is 37.7 Å². The predicted octanol–water partition coefficient (Wildman–Crippen LogP) is 5.35. The monoisotopic (exact) mass is 427 g/mol. The van der Waals surface area contributed by atoms with Gasteiger partial charge in [0, 0.05) is 12.3 Å². The number of rotatable bonds is 6. The standard InChI is InChI=1S/C18H22INOS/c1-13(21)10-14-6-5-9-16(11-14)17(18(19)20-12-22)15-7-3-2-4-8-15/h5-6,9,11,15,17-18H,2-4,7-8,10H2,1H3. The van der Waals surface area contributed by atoms with Crippen LogP contribution >= 0.6 is 34.8 Å². The number of carbonyl (C=O) groups is 1. The molecule has 0 N–H and O–H groups in total. The number of isothiocyanates is 1. The number of benzene rings is 1. The number of halogens is 1. The van der Waals surface area contributed by atoms with Gasteiger partial charge >= 0.3 is 0 Å². The Morgan fingerprint density at radius 1 is 1.41 bits per heavy atom. The summed E-state index contributed by atoms with van der Waals surface area (Å²) in [5.41, 5.74) is 2.39. The van der Waals surface area contributed by atoms with Gasteiger partial charge in [0.15, 0.2) is 0 Å². The Balaban J connectivity index is 2.30. The lowest BCUT2D eigenvalue weighted by Gasteiger charge is -2.32. The molecule has 2 nitrogen and oxygen atoms in total. The molecule has 0 aromatic heterocycles. The molecule has 1 aliphatic carbocycles. The largest absolute Gasteiger partial charge is 0.300 e. The van der Waals surface area contributed by atoms with Crippen LogP contribution in [0, 0.1) is 5.92 Å². The van der Waals surface area contributed by atoms with Crippen molar-refractivity contribution in [1.29, 1.82) is 0 Å². The Morgan fingerprint density at radius 3 is 2.77 bits per heavy atom. The van der Waals surface area contributed by atoms with Gasteiger partial charge in [0.2, 0.25) is 0 Å². The lowest BCUT2D eigenvalue weighted by Crippen LogP contribution is -2.23. The van der Waals surface area contributed by atoms with Crippen LogP contribution in [0.15, 0.2) is 29.3 Å². The molecule has 4 heteroatoms. The van der Waals surface area contributed by atoms with Crippen LogP contribution in [0.5, 0.6) is 0 Å². The first-order chi connectivity index (χ1) is 10.6. The van der Waals surface area contributed by atoms with E-state index in [4.69, 9.17) is 12.2 Å². The number of thiocarbonyl (C=S) groups is 1. The van der Waals surface area contributed by atoms with Gasteiger partial charge in [0.25, 0.3) is 0 Å². The summed E-state index contributed by atoms with van der Waals surface area (Å²) in [6.45, 7) is 1.64. The normalized spacial score (nSPS) is 18.3. The van der Waals surface area contributed by atoms with E-state index in [1.807, 2.05) is 6.07 Å². The van der Waals surface area contributed by atoms with Gasteiger partial charge in [-0.3, -0.25) is 4.79 Å². The van der Waals surface area contributed by atoms with Crippen molar-refractivity contribution in [1.82, 2.24) is 0 Å². The molecular weight excluding hydrogens is 405 g/mol. The van der Waals surface area contributed by atoms with Crippen LogP contribution in [0.1, 0.15) is 56.1 Å². The minimum Gasteiger partial charge on any atom is -0.300 e. The van der Waals surface area contributed by atoms with Crippen molar-refractivity contribution >= 4 is 45.8 Å². The average molecular weight is 427 g/mol. The van der Waals surface area contributed by atoms with Gasteiger partial charge in [0.05, 0.1) is 5.16 Å². The zero-order chi connectivity index (χ0) is 15.9. The second-order valence-corrected chi connectivity index (χ2v) is 7.60. The summed E-state index contributed by atoms with van der Waals surface area (Å²) in [6, 6.07) is 8.46. The number of carbonyl (C=O) groups excluding carboxylic acids is 1. The van der Waals surface area contributed by atoms with Crippen molar-refractivity contribution in [2.75, 3.05) is 0 Å². The average Bonchev–Trinajstić information content (AvgIpc) is 2.48. The molecule has 2 unspecified atom stereocenters. The fourth-order valence-corrected chi connectivity index (χ4v) is 4.92. The molecule has 0 heterocycles. The van der Waals surface area contributed by atoms with Crippen LogP contribution in [-0.4, -0.2) is 15.0 Å². The summed E-state index contributed by atoms with van der Waals surface area (Å²) in [7, 11) is 0. The van der Waals surface area contributed by atoms with Crippen LogP contribution < -0.4 is 0 Å². The first kappa shape index (κ1) is 17.8. The van der Waals surface area contributed by atoms with Gasteiger partial charge in [-0.1, -0.05) is 66.1 Å². The summed E-state index contributed by atoms with van der Waals surface area (Å²) in [4.78, 5) is 15.7. The summed E-state index contributed by atoms with van der Waals surface area (Å²) in [5.74, 6) is 1.22. The molecule has 118 valence electrons. The molecule has 0 radical (unpaired) electrons. The molecule has 0 bridgehead atoms. The van der Waals surface area contributed by atoms with E-state index < -0.39 is 0 Å². The molecule has 0 aliphatic heterocycles.